The van der Waals surface area contributed by atoms with Gasteiger partial charge in [0.1, 0.15) is 29.4 Å². The molecule has 0 saturated heterocycles. The largest absolute Gasteiger partial charge is 0.507 e. The third-order valence-corrected chi connectivity index (χ3v) is 6.23. The molecule has 0 spiro atoms. The maximum Gasteiger partial charge on any atom is 0.343 e. The number of aromatic hydroxyl groups is 1. The molecular formula is C25H29N3O9S. The average Bonchev–Trinajstić information content (AvgIpc) is 2.83. The molecule has 0 aliphatic heterocycles. The van der Waals surface area contributed by atoms with E-state index < -0.39 is 39.6 Å². The van der Waals surface area contributed by atoms with Gasteiger partial charge in [-0.05, 0) is 42.2 Å². The Kier molecular flexibility index (Phi) is 11.0. The van der Waals surface area contributed by atoms with Gasteiger partial charge < -0.3 is 25.6 Å². The smallest absolute Gasteiger partial charge is 0.343 e. The summed E-state index contributed by atoms with van der Waals surface area (Å²) in [5, 5.41) is 29.3. The molecule has 6 N–H and O–H groups in total. The minimum Gasteiger partial charge on any atom is -0.507 e. The first-order valence-electron chi connectivity index (χ1n) is 11.4. The molecule has 0 unspecified atom stereocenters. The van der Waals surface area contributed by atoms with Crippen LogP contribution in [0.3, 0.4) is 0 Å². The van der Waals surface area contributed by atoms with Crippen molar-refractivity contribution < 1.29 is 42.5 Å². The molecule has 38 heavy (non-hydrogen) atoms. The highest BCUT2D eigenvalue weighted by Gasteiger charge is 2.21. The summed E-state index contributed by atoms with van der Waals surface area (Å²) in [5.74, 6) is -2.52. The summed E-state index contributed by atoms with van der Waals surface area (Å²) in [6.45, 7) is 1.69. The summed E-state index contributed by atoms with van der Waals surface area (Å²) in [4.78, 5) is 46.0. The fourth-order valence-electron chi connectivity index (χ4n) is 3.51. The molecule has 204 valence electrons. The second-order valence-electron chi connectivity index (χ2n) is 8.17. The average molecular weight is 548 g/mol. The number of carbonyl (C=O) groups excluding carboxylic acids is 3. The van der Waals surface area contributed by atoms with E-state index in [0.717, 1.165) is 6.08 Å². The van der Waals surface area contributed by atoms with Crippen molar-refractivity contribution in [3.8, 4) is 11.5 Å². The molecule has 0 fully saturated rings. The molecule has 0 aliphatic carbocycles. The minimum atomic E-state index is -4.12. The lowest BCUT2D eigenvalue weighted by Gasteiger charge is -2.18. The number of unbranched alkanes of at least 4 members (excludes halogenated alkanes) is 1. The number of benzene rings is 2. The lowest BCUT2D eigenvalue weighted by molar-refractivity contribution is -0.128. The number of primary sulfonamides is 1. The number of aromatic carboxylic acids is 1. The van der Waals surface area contributed by atoms with E-state index in [-0.39, 0.29) is 41.4 Å². The number of aldehydes is 1. The lowest BCUT2D eigenvalue weighted by Crippen LogP contribution is -2.47. The first kappa shape index (κ1) is 30.0. The summed E-state index contributed by atoms with van der Waals surface area (Å²) in [6.07, 6.45) is 2.25. The van der Waals surface area contributed by atoms with Crippen LogP contribution in [0.1, 0.15) is 41.3 Å². The third kappa shape index (κ3) is 9.01. The number of hydrogen-bond donors (Lipinski definition) is 5. The van der Waals surface area contributed by atoms with Gasteiger partial charge >= 0.3 is 5.97 Å². The SMILES string of the molecule is CC(=O)N[C@@H](Cc1ccc(/C(=C/C=O)S(N)(=O)=O)cc1)C(=O)NCCCCOc1cccc(O)c1C(=O)O. The number of nitrogens with one attached hydrogen (secondary N) is 2. The number of ether oxygens (including phenoxy) is 1. The Morgan fingerprint density at radius 2 is 1.79 bits per heavy atom. The Morgan fingerprint density at radius 1 is 1.11 bits per heavy atom. The molecule has 0 radical (unpaired) electrons. The molecule has 1 atom stereocenters. The minimum absolute atomic E-state index is 0.0381. The number of phenols is 1. The highest BCUT2D eigenvalue weighted by molar-refractivity contribution is 7.98. The number of carbonyl (C=O) groups is 4. The van der Waals surface area contributed by atoms with Gasteiger partial charge in [0.25, 0.3) is 0 Å². The van der Waals surface area contributed by atoms with Crippen LogP contribution in [0.25, 0.3) is 4.91 Å². The van der Waals surface area contributed by atoms with E-state index in [1.165, 1.54) is 37.3 Å². The van der Waals surface area contributed by atoms with Gasteiger partial charge in [-0.1, -0.05) is 30.3 Å². The molecule has 2 amide bonds. The van der Waals surface area contributed by atoms with E-state index in [2.05, 4.69) is 10.6 Å². The lowest BCUT2D eigenvalue weighted by atomic mass is 10.0. The van der Waals surface area contributed by atoms with Crippen LogP contribution in [0, 0.1) is 0 Å². The maximum absolute atomic E-state index is 12.7. The zero-order chi connectivity index (χ0) is 28.3. The highest BCUT2D eigenvalue weighted by atomic mass is 32.2. The van der Waals surface area contributed by atoms with Crippen LogP contribution < -0.4 is 20.5 Å². The Morgan fingerprint density at radius 3 is 2.37 bits per heavy atom. The molecule has 0 aliphatic rings. The van der Waals surface area contributed by atoms with Gasteiger partial charge in [0.05, 0.1) is 11.5 Å². The van der Waals surface area contributed by atoms with Gasteiger partial charge in [0.15, 0.2) is 0 Å². The fourth-order valence-corrected chi connectivity index (χ4v) is 4.22. The number of nitrogens with two attached hydrogens (primary N) is 1. The van der Waals surface area contributed by atoms with Crippen molar-refractivity contribution in [1.29, 1.82) is 0 Å². The molecular weight excluding hydrogens is 518 g/mol. The van der Waals surface area contributed by atoms with Gasteiger partial charge in [0.2, 0.25) is 21.8 Å². The normalized spacial score (nSPS) is 12.3. The molecule has 0 saturated carbocycles. The molecule has 2 aromatic rings. The van der Waals surface area contributed by atoms with Gasteiger partial charge in [-0.3, -0.25) is 14.4 Å². The van der Waals surface area contributed by atoms with E-state index in [0.29, 0.717) is 24.7 Å². The summed E-state index contributed by atoms with van der Waals surface area (Å²) >= 11 is 0. The summed E-state index contributed by atoms with van der Waals surface area (Å²) in [5.41, 5.74) is 0.496. The molecule has 0 heterocycles. The zero-order valence-corrected chi connectivity index (χ0v) is 21.4. The molecule has 2 rings (SSSR count). The van der Waals surface area contributed by atoms with Crippen molar-refractivity contribution in [3.05, 3.63) is 65.2 Å². The quantitative estimate of drug-likeness (QED) is 0.130. The highest BCUT2D eigenvalue weighted by Crippen LogP contribution is 2.27. The van der Waals surface area contributed by atoms with Crippen LogP contribution in [-0.4, -0.2) is 61.9 Å². The Labute approximate surface area is 219 Å². The van der Waals surface area contributed by atoms with Gasteiger partial charge in [-0.15, -0.1) is 0 Å². The second-order valence-corrected chi connectivity index (χ2v) is 9.70. The van der Waals surface area contributed by atoms with Crippen molar-refractivity contribution in [1.82, 2.24) is 10.6 Å². The van der Waals surface area contributed by atoms with Crippen LogP contribution in [0.15, 0.2) is 48.5 Å². The summed E-state index contributed by atoms with van der Waals surface area (Å²) < 4.78 is 28.8. The van der Waals surface area contributed by atoms with Crippen LogP contribution in [0.4, 0.5) is 0 Å². The second kappa shape index (κ2) is 13.9. The van der Waals surface area contributed by atoms with E-state index in [1.807, 2.05) is 0 Å². The van der Waals surface area contributed by atoms with Gasteiger partial charge in [-0.2, -0.15) is 0 Å². The number of amides is 2. The van der Waals surface area contributed by atoms with E-state index in [9.17, 15) is 37.8 Å². The Bertz CT molecular complexity index is 1310. The number of sulfonamides is 1. The summed E-state index contributed by atoms with van der Waals surface area (Å²) in [7, 11) is -4.12. The number of rotatable bonds is 14. The van der Waals surface area contributed by atoms with Crippen LogP contribution in [-0.2, 0) is 30.8 Å². The van der Waals surface area contributed by atoms with E-state index in [4.69, 9.17) is 9.88 Å². The van der Waals surface area contributed by atoms with E-state index >= 15 is 0 Å². The number of carboxylic acid groups (broad SMARTS) is 1. The topological polar surface area (TPSA) is 202 Å². The van der Waals surface area contributed by atoms with Crippen molar-refractivity contribution >= 4 is 39.0 Å². The molecule has 0 bridgehead atoms. The molecule has 2 aromatic carbocycles. The standard InChI is InChI=1S/C25H29N3O9S/c1-16(30)28-19(15-17-7-9-18(10-8-17)22(11-13-29)38(26,35)36)24(32)27-12-2-3-14-37-21-6-4-5-20(31)23(21)25(33)34/h4-11,13,19,31H,2-3,12,14-15H2,1H3,(H,27,32)(H,28,30)(H,33,34)(H2,26,35,36)/b22-11-/t19-/m0/s1. The van der Waals surface area contributed by atoms with Crippen molar-refractivity contribution in [2.24, 2.45) is 5.14 Å². The van der Waals surface area contributed by atoms with Crippen molar-refractivity contribution in [3.63, 3.8) is 0 Å². The van der Waals surface area contributed by atoms with Gasteiger partial charge in [0, 0.05) is 19.9 Å². The zero-order valence-electron chi connectivity index (χ0n) is 20.5. The van der Waals surface area contributed by atoms with Crippen LogP contribution in [0.5, 0.6) is 11.5 Å². The monoisotopic (exact) mass is 547 g/mol. The Balaban J connectivity index is 1.92. The van der Waals surface area contributed by atoms with Crippen LogP contribution in [0.2, 0.25) is 0 Å². The first-order chi connectivity index (χ1) is 17.9. The predicted octanol–water partition coefficient (Wildman–Crippen LogP) is 0.941. The number of allylic oxidation sites excluding steroid dienone is 1. The summed E-state index contributed by atoms with van der Waals surface area (Å²) in [6, 6.07) is 9.26. The Hall–Kier alpha value is -4.23. The molecule has 12 nitrogen and oxygen atoms in total. The van der Waals surface area contributed by atoms with Gasteiger partial charge in [-0.25, -0.2) is 18.4 Å². The number of carboxylic acids is 1. The van der Waals surface area contributed by atoms with E-state index in [1.54, 1.807) is 12.1 Å². The number of hydrogen-bond acceptors (Lipinski definition) is 8. The first-order valence-corrected chi connectivity index (χ1v) is 13.0. The van der Waals surface area contributed by atoms with Crippen molar-refractivity contribution in [2.45, 2.75) is 32.2 Å². The molecule has 0 aromatic heterocycles. The van der Waals surface area contributed by atoms with Crippen LogP contribution >= 0.6 is 0 Å². The maximum atomic E-state index is 12.7. The molecule has 13 heteroatoms. The van der Waals surface area contributed by atoms with Crippen molar-refractivity contribution in [2.75, 3.05) is 13.2 Å². The predicted molar refractivity (Wildman–Crippen MR) is 138 cm³/mol. The third-order valence-electron chi connectivity index (χ3n) is 5.24. The fraction of sp³-hybridized carbons (Fsp3) is 0.280.